The smallest absolute Gasteiger partial charge is 0.0780 e. The molecule has 0 unspecified atom stereocenters. The van der Waals surface area contributed by atoms with E-state index in [1.807, 2.05) is 0 Å². The molecule has 4 aromatic carbocycles. The van der Waals surface area contributed by atoms with Crippen LogP contribution in [-0.4, -0.2) is 155 Å². The van der Waals surface area contributed by atoms with Crippen LogP contribution in [0.3, 0.4) is 0 Å². The molecule has 4 rings (SSSR count). The highest BCUT2D eigenvalue weighted by Gasteiger charge is 2.12. The lowest BCUT2D eigenvalue weighted by atomic mass is 10.1. The zero-order valence-electron chi connectivity index (χ0n) is 54.0. The maximum atomic E-state index is 2.67. The predicted molar refractivity (Wildman–Crippen MR) is 359 cm³/mol. The van der Waals surface area contributed by atoms with Crippen molar-refractivity contribution in [1.82, 2.24) is 0 Å². The van der Waals surface area contributed by atoms with Crippen LogP contribution in [0.15, 0.2) is 97.1 Å². The molecular formula is C74H122N6+4. The quantitative estimate of drug-likeness (QED) is 0.0247. The van der Waals surface area contributed by atoms with Crippen molar-refractivity contribution in [3.05, 3.63) is 130 Å². The van der Waals surface area contributed by atoms with E-state index in [-0.39, 0.29) is 0 Å². The van der Waals surface area contributed by atoms with E-state index in [9.17, 15) is 0 Å². The van der Waals surface area contributed by atoms with Crippen LogP contribution in [0.25, 0.3) is 36.5 Å². The zero-order chi connectivity index (χ0) is 58.0. The Bertz CT molecular complexity index is 2040. The number of anilines is 2. The molecule has 0 aliphatic heterocycles. The summed E-state index contributed by atoms with van der Waals surface area (Å²) in [7, 11) is 27.7. The number of nitrogens with zero attached hydrogens (tertiary/aromatic N) is 6. The summed E-state index contributed by atoms with van der Waals surface area (Å²) >= 11 is 0. The second-order valence-electron chi connectivity index (χ2n) is 28.0. The van der Waals surface area contributed by atoms with Gasteiger partial charge in [0.1, 0.15) is 0 Å². The van der Waals surface area contributed by atoms with E-state index in [4.69, 9.17) is 0 Å². The van der Waals surface area contributed by atoms with Crippen molar-refractivity contribution in [2.45, 2.75) is 154 Å². The fourth-order valence-corrected chi connectivity index (χ4v) is 10.7. The number of unbranched alkanes of at least 4 members (excludes halogenated alkanes) is 20. The van der Waals surface area contributed by atoms with Crippen LogP contribution < -0.4 is 9.80 Å². The maximum Gasteiger partial charge on any atom is 0.0780 e. The highest BCUT2D eigenvalue weighted by atomic mass is 15.3. The van der Waals surface area contributed by atoms with Crippen molar-refractivity contribution in [2.75, 3.05) is 147 Å². The van der Waals surface area contributed by atoms with Gasteiger partial charge in [0.2, 0.25) is 0 Å². The third-order valence-electron chi connectivity index (χ3n) is 15.8. The Kier molecular flexibility index (Phi) is 32.0. The Balaban J connectivity index is 1.24. The Hall–Kier alpha value is -4.46. The van der Waals surface area contributed by atoms with Crippen LogP contribution in [0, 0.1) is 0 Å². The Morgan fingerprint density at radius 2 is 0.362 bits per heavy atom. The summed E-state index contributed by atoms with van der Waals surface area (Å²) in [5, 5.41) is 0. The minimum atomic E-state index is 1.08. The van der Waals surface area contributed by atoms with Crippen molar-refractivity contribution in [2.24, 2.45) is 0 Å². The molecule has 0 amide bonds. The summed E-state index contributed by atoms with van der Waals surface area (Å²) in [6.07, 6.45) is 45.7. The Morgan fingerprint density at radius 1 is 0.212 bits per heavy atom. The maximum absolute atomic E-state index is 2.67. The second kappa shape index (κ2) is 37.6. The molecule has 0 heterocycles. The molecule has 6 nitrogen and oxygen atoms in total. The van der Waals surface area contributed by atoms with E-state index in [1.54, 1.807) is 0 Å². The van der Waals surface area contributed by atoms with E-state index >= 15 is 0 Å². The molecule has 0 aliphatic rings. The summed E-state index contributed by atoms with van der Waals surface area (Å²) in [5.41, 5.74) is 10.1. The van der Waals surface area contributed by atoms with Gasteiger partial charge in [0, 0.05) is 37.6 Å². The SMILES string of the molecule is C[N+](C)(C)CCCCCCCCN(CCCCCCCC[N+](C)(C)C)c1ccc(/C=C/c2ccc(/C=C/c3ccc(/C=C/c4ccc(N(CCCCCCCC[N+](C)(C)C)CCCCCCCC[N+](C)(C)C)cc4)cc3)cc2)cc1. The molecular weight excluding hydrogens is 973 g/mol. The van der Waals surface area contributed by atoms with Gasteiger partial charge >= 0.3 is 0 Å². The van der Waals surface area contributed by atoms with Crippen molar-refractivity contribution in [3.63, 3.8) is 0 Å². The van der Waals surface area contributed by atoms with Crippen LogP contribution in [0.2, 0.25) is 0 Å². The van der Waals surface area contributed by atoms with Gasteiger partial charge in [-0.05, 0) is 135 Å². The second-order valence-corrected chi connectivity index (χ2v) is 28.0. The summed E-state index contributed by atoms with van der Waals surface area (Å²) in [6.45, 7) is 9.76. The third-order valence-corrected chi connectivity index (χ3v) is 15.8. The van der Waals surface area contributed by atoms with E-state index in [1.165, 1.54) is 225 Å². The summed E-state index contributed by atoms with van der Waals surface area (Å²) in [4.78, 5) is 5.34. The first-order valence-electron chi connectivity index (χ1n) is 32.4. The van der Waals surface area contributed by atoms with Gasteiger partial charge in [-0.15, -0.1) is 0 Å². The first-order chi connectivity index (χ1) is 38.2. The molecule has 0 saturated carbocycles. The van der Waals surface area contributed by atoms with Crippen molar-refractivity contribution in [3.8, 4) is 0 Å². The van der Waals surface area contributed by atoms with Gasteiger partial charge in [0.25, 0.3) is 0 Å². The highest BCUT2D eigenvalue weighted by Crippen LogP contribution is 2.23. The fourth-order valence-electron chi connectivity index (χ4n) is 10.7. The number of hydrogen-bond donors (Lipinski definition) is 0. The number of quaternary nitrogens is 4. The molecule has 0 radical (unpaired) electrons. The molecule has 0 spiro atoms. The first-order valence-corrected chi connectivity index (χ1v) is 32.4. The summed E-state index contributed by atoms with van der Waals surface area (Å²) in [5.74, 6) is 0. The minimum absolute atomic E-state index is 1.08. The van der Waals surface area contributed by atoms with Gasteiger partial charge in [-0.2, -0.15) is 0 Å². The molecule has 6 heteroatoms. The third kappa shape index (κ3) is 34.1. The van der Waals surface area contributed by atoms with Crippen LogP contribution in [0.5, 0.6) is 0 Å². The van der Waals surface area contributed by atoms with Crippen molar-refractivity contribution < 1.29 is 17.9 Å². The van der Waals surface area contributed by atoms with Gasteiger partial charge in [-0.1, -0.05) is 186 Å². The largest absolute Gasteiger partial charge is 0.372 e. The lowest BCUT2D eigenvalue weighted by Gasteiger charge is -2.25. The highest BCUT2D eigenvalue weighted by molar-refractivity contribution is 5.75. The molecule has 0 bridgehead atoms. The predicted octanol–water partition coefficient (Wildman–Crippen LogP) is 18.0. The van der Waals surface area contributed by atoms with Gasteiger partial charge in [-0.25, -0.2) is 0 Å². The average molecular weight is 1100 g/mol. The molecule has 0 saturated heterocycles. The van der Waals surface area contributed by atoms with Crippen LogP contribution >= 0.6 is 0 Å². The minimum Gasteiger partial charge on any atom is -0.372 e. The monoisotopic (exact) mass is 1090 g/mol. The Morgan fingerprint density at radius 3 is 0.537 bits per heavy atom. The van der Waals surface area contributed by atoms with Crippen molar-refractivity contribution >= 4 is 47.8 Å². The standard InChI is InChI=1S/C74H122N6/c1-77(2,3)63-33-25-17-13-21-29-59-75(60-30-22-14-18-26-34-64-78(4,5)6)73-55-51-71(52-56-73)49-47-69-43-39-67(40-44-69)37-38-68-41-45-70(46-42-68)48-50-72-53-57-74(58-54-72)76(61-31-23-15-19-27-35-65-79(7,8)9)62-32-24-16-20-28-36-66-80(10,11)12/h37-58H,13-36,59-66H2,1-12H3/q+4/b38-37+,49-47+,50-48+. The lowest BCUT2D eigenvalue weighted by molar-refractivity contribution is -0.870. The molecule has 80 heavy (non-hydrogen) atoms. The van der Waals surface area contributed by atoms with Crippen LogP contribution in [0.4, 0.5) is 11.4 Å². The fraction of sp³-hybridized carbons (Fsp3) is 0.595. The Labute approximate surface area is 494 Å². The number of hydrogen-bond acceptors (Lipinski definition) is 2. The van der Waals surface area contributed by atoms with Gasteiger partial charge in [-0.3, -0.25) is 0 Å². The van der Waals surface area contributed by atoms with Gasteiger partial charge < -0.3 is 27.7 Å². The molecule has 4 aromatic rings. The number of rotatable bonds is 44. The lowest BCUT2D eigenvalue weighted by Crippen LogP contribution is -2.35. The average Bonchev–Trinajstić information content (AvgIpc) is 3.41. The molecule has 0 aliphatic carbocycles. The summed E-state index contributed by atoms with van der Waals surface area (Å²) < 4.78 is 4.31. The van der Waals surface area contributed by atoms with Crippen LogP contribution in [-0.2, 0) is 0 Å². The van der Waals surface area contributed by atoms with Gasteiger partial charge in [0.15, 0.2) is 0 Å². The molecule has 0 atom stereocenters. The molecule has 444 valence electrons. The van der Waals surface area contributed by atoms with E-state index in [2.05, 4.69) is 228 Å². The molecule has 0 aromatic heterocycles. The number of benzene rings is 4. The first kappa shape index (κ1) is 68.0. The van der Waals surface area contributed by atoms with E-state index in [0.29, 0.717) is 0 Å². The van der Waals surface area contributed by atoms with Crippen molar-refractivity contribution in [1.29, 1.82) is 0 Å². The van der Waals surface area contributed by atoms with Crippen LogP contribution in [0.1, 0.15) is 187 Å². The molecule has 0 fully saturated rings. The topological polar surface area (TPSA) is 6.48 Å². The summed E-state index contributed by atoms with van der Waals surface area (Å²) in [6, 6.07) is 36.5. The van der Waals surface area contributed by atoms with E-state index < -0.39 is 0 Å². The molecule has 0 N–H and O–H groups in total. The van der Waals surface area contributed by atoms with Gasteiger partial charge in [0.05, 0.1) is 111 Å². The zero-order valence-corrected chi connectivity index (χ0v) is 54.0. The normalized spacial score (nSPS) is 12.7. The van der Waals surface area contributed by atoms with E-state index in [0.717, 1.165) is 44.1 Å².